The van der Waals surface area contributed by atoms with E-state index in [1.165, 1.54) is 31.3 Å². The SMILES string of the molecule is C=C1C(=CC=C2CCC[C@]3(C)[C@@H](C(C)(C)C=C[C@H](O)C4(c5nc(C)co5)CC4)CC[C@@H]23)C[C@@H](O)C[C@@H]1O. The summed E-state index contributed by atoms with van der Waals surface area (Å²) in [4.78, 5) is 4.52. The Hall–Kier alpha value is -1.95. The Morgan fingerprint density at radius 1 is 1.19 bits per heavy atom. The van der Waals surface area contributed by atoms with Crippen LogP contribution in [0.5, 0.6) is 0 Å². The fourth-order valence-corrected chi connectivity index (χ4v) is 7.92. The number of hydrogen-bond donors (Lipinski definition) is 3. The van der Waals surface area contributed by atoms with Gasteiger partial charge in [-0.25, -0.2) is 4.98 Å². The third-order valence-corrected chi connectivity index (χ3v) is 10.2. The van der Waals surface area contributed by atoms with E-state index in [4.69, 9.17) is 4.42 Å². The van der Waals surface area contributed by atoms with Gasteiger partial charge >= 0.3 is 0 Å². The molecule has 3 N–H and O–H groups in total. The van der Waals surface area contributed by atoms with Crippen LogP contribution in [0.2, 0.25) is 0 Å². The first-order valence-electron chi connectivity index (χ1n) is 14.2. The minimum Gasteiger partial charge on any atom is -0.448 e. The van der Waals surface area contributed by atoms with E-state index < -0.39 is 18.3 Å². The van der Waals surface area contributed by atoms with Gasteiger partial charge in [0, 0.05) is 6.42 Å². The number of allylic oxidation sites excluding steroid dienone is 4. The number of aliphatic hydroxyl groups excluding tert-OH is 3. The average molecular weight is 508 g/mol. The van der Waals surface area contributed by atoms with Crippen molar-refractivity contribution >= 4 is 0 Å². The van der Waals surface area contributed by atoms with Crippen LogP contribution in [0.4, 0.5) is 0 Å². The predicted molar refractivity (Wildman–Crippen MR) is 146 cm³/mol. The number of fused-ring (bicyclic) bond motifs is 1. The molecule has 5 heteroatoms. The van der Waals surface area contributed by atoms with Crippen molar-refractivity contribution in [1.82, 2.24) is 4.98 Å². The van der Waals surface area contributed by atoms with Crippen LogP contribution in [-0.2, 0) is 5.41 Å². The number of aliphatic hydroxyl groups is 3. The fraction of sp³-hybridized carbons (Fsp3) is 0.656. The quantitative estimate of drug-likeness (QED) is 0.405. The number of rotatable bonds is 6. The molecular formula is C32H45NO4. The van der Waals surface area contributed by atoms with E-state index >= 15 is 0 Å². The maximum absolute atomic E-state index is 11.2. The lowest BCUT2D eigenvalue weighted by Gasteiger charge is -2.47. The van der Waals surface area contributed by atoms with Gasteiger partial charge in [-0.3, -0.25) is 0 Å². The molecule has 0 unspecified atom stereocenters. The van der Waals surface area contributed by atoms with E-state index in [9.17, 15) is 15.3 Å². The van der Waals surface area contributed by atoms with Crippen molar-refractivity contribution in [3.05, 3.63) is 65.5 Å². The smallest absolute Gasteiger partial charge is 0.203 e. The summed E-state index contributed by atoms with van der Waals surface area (Å²) in [6, 6.07) is 0. The summed E-state index contributed by atoms with van der Waals surface area (Å²) in [5.41, 5.74) is 3.90. The molecule has 6 atom stereocenters. The molecule has 4 saturated carbocycles. The van der Waals surface area contributed by atoms with Crippen LogP contribution in [0, 0.1) is 29.6 Å². The van der Waals surface area contributed by atoms with Crippen molar-refractivity contribution in [2.24, 2.45) is 22.7 Å². The van der Waals surface area contributed by atoms with Crippen molar-refractivity contribution in [1.29, 1.82) is 0 Å². The zero-order valence-electron chi connectivity index (χ0n) is 23.0. The highest BCUT2D eigenvalue weighted by Crippen LogP contribution is 2.62. The summed E-state index contributed by atoms with van der Waals surface area (Å²) in [6.07, 6.45) is 17.3. The Bertz CT molecular complexity index is 1120. The lowest BCUT2D eigenvalue weighted by atomic mass is 9.57. The lowest BCUT2D eigenvalue weighted by molar-refractivity contribution is 0.0705. The largest absolute Gasteiger partial charge is 0.448 e. The molecule has 202 valence electrons. The molecule has 5 nitrogen and oxygen atoms in total. The average Bonchev–Trinajstić information content (AvgIpc) is 3.40. The van der Waals surface area contributed by atoms with Crippen LogP contribution < -0.4 is 0 Å². The van der Waals surface area contributed by atoms with E-state index in [1.54, 1.807) is 6.26 Å². The van der Waals surface area contributed by atoms with Crippen LogP contribution in [0.25, 0.3) is 0 Å². The molecule has 1 aromatic rings. The molecule has 0 spiro atoms. The molecule has 4 aliphatic rings. The van der Waals surface area contributed by atoms with E-state index in [0.29, 0.717) is 30.6 Å². The first-order valence-corrected chi connectivity index (χ1v) is 14.2. The first-order chi connectivity index (χ1) is 17.5. The summed E-state index contributed by atoms with van der Waals surface area (Å²) < 4.78 is 5.68. The Kier molecular flexibility index (Phi) is 6.96. The van der Waals surface area contributed by atoms with Crippen LogP contribution in [0.3, 0.4) is 0 Å². The van der Waals surface area contributed by atoms with Crippen molar-refractivity contribution < 1.29 is 19.7 Å². The molecule has 0 radical (unpaired) electrons. The maximum atomic E-state index is 11.2. The van der Waals surface area contributed by atoms with E-state index in [2.05, 4.69) is 50.6 Å². The van der Waals surface area contributed by atoms with Gasteiger partial charge in [0.2, 0.25) is 5.89 Å². The zero-order valence-corrected chi connectivity index (χ0v) is 23.0. The highest BCUT2D eigenvalue weighted by atomic mass is 16.3. The van der Waals surface area contributed by atoms with Gasteiger partial charge in [0.15, 0.2) is 0 Å². The zero-order chi connectivity index (χ0) is 26.6. The molecule has 5 rings (SSSR count). The van der Waals surface area contributed by atoms with Gasteiger partial charge < -0.3 is 19.7 Å². The third-order valence-electron chi connectivity index (χ3n) is 10.2. The second-order valence-electron chi connectivity index (χ2n) is 13.2. The molecule has 37 heavy (non-hydrogen) atoms. The van der Waals surface area contributed by atoms with Crippen molar-refractivity contribution in [3.8, 4) is 0 Å². The monoisotopic (exact) mass is 507 g/mol. The highest BCUT2D eigenvalue weighted by Gasteiger charge is 2.55. The predicted octanol–water partition coefficient (Wildman–Crippen LogP) is 6.10. The Morgan fingerprint density at radius 3 is 2.62 bits per heavy atom. The Morgan fingerprint density at radius 2 is 1.95 bits per heavy atom. The van der Waals surface area contributed by atoms with Crippen molar-refractivity contribution in [3.63, 3.8) is 0 Å². The van der Waals surface area contributed by atoms with Gasteiger partial charge in [-0.05, 0) is 92.1 Å². The maximum Gasteiger partial charge on any atom is 0.203 e. The topological polar surface area (TPSA) is 86.7 Å². The van der Waals surface area contributed by atoms with Gasteiger partial charge in [-0.15, -0.1) is 0 Å². The van der Waals surface area contributed by atoms with Gasteiger partial charge in [-0.1, -0.05) is 57.2 Å². The van der Waals surface area contributed by atoms with E-state index in [0.717, 1.165) is 36.1 Å². The van der Waals surface area contributed by atoms with Crippen LogP contribution in [0.1, 0.15) is 90.1 Å². The van der Waals surface area contributed by atoms with Crippen LogP contribution in [-0.4, -0.2) is 38.6 Å². The number of aromatic nitrogens is 1. The number of oxazole rings is 1. The van der Waals surface area contributed by atoms with Crippen molar-refractivity contribution in [2.45, 2.75) is 109 Å². The number of hydrogen-bond acceptors (Lipinski definition) is 5. The summed E-state index contributed by atoms with van der Waals surface area (Å²) in [5, 5.41) is 31.5. The number of nitrogens with zero attached hydrogens (tertiary/aromatic N) is 1. The number of aryl methyl sites for hydroxylation is 1. The first kappa shape index (κ1) is 26.6. The molecule has 0 aliphatic heterocycles. The molecule has 4 fully saturated rings. The standard InChI is InChI=1S/C32H45NO4/c1-20-19-37-29(33-20)32(15-16-32)28(36)12-14-30(3,4)27-11-10-25-22(7-6-13-31(25,27)5)8-9-23-17-24(34)18-26(35)21(23)2/h8-9,12,14,19,24-28,34-36H,2,6-7,10-11,13,15-18H2,1,3-5H3/t24-,25+,26+,27-,28+,31+/m1/s1. The van der Waals surface area contributed by atoms with Gasteiger partial charge in [-0.2, -0.15) is 0 Å². The van der Waals surface area contributed by atoms with Crippen molar-refractivity contribution in [2.75, 3.05) is 0 Å². The molecule has 0 aromatic carbocycles. The van der Waals surface area contributed by atoms with Gasteiger partial charge in [0.25, 0.3) is 0 Å². The minimum atomic E-state index is -0.647. The molecule has 1 heterocycles. The van der Waals surface area contributed by atoms with E-state index in [-0.39, 0.29) is 16.2 Å². The molecule has 1 aromatic heterocycles. The van der Waals surface area contributed by atoms with E-state index in [1.807, 2.05) is 13.0 Å². The summed E-state index contributed by atoms with van der Waals surface area (Å²) in [5.74, 6) is 1.74. The summed E-state index contributed by atoms with van der Waals surface area (Å²) >= 11 is 0. The second-order valence-corrected chi connectivity index (χ2v) is 13.2. The van der Waals surface area contributed by atoms with Gasteiger partial charge in [0.1, 0.15) is 6.26 Å². The highest BCUT2D eigenvalue weighted by molar-refractivity contribution is 5.39. The third kappa shape index (κ3) is 4.84. The molecular weight excluding hydrogens is 462 g/mol. The lowest BCUT2D eigenvalue weighted by Crippen LogP contribution is -2.39. The summed E-state index contributed by atoms with van der Waals surface area (Å²) in [6.45, 7) is 13.1. The minimum absolute atomic E-state index is 0.0418. The Labute approximate surface area is 222 Å². The molecule has 4 aliphatic carbocycles. The molecule has 0 bridgehead atoms. The second kappa shape index (κ2) is 9.66. The van der Waals surface area contributed by atoms with Crippen LogP contribution in [0.15, 0.2) is 58.3 Å². The Balaban J connectivity index is 1.33. The molecule has 0 amide bonds. The molecule has 0 saturated heterocycles. The van der Waals surface area contributed by atoms with Crippen LogP contribution >= 0.6 is 0 Å². The summed E-state index contributed by atoms with van der Waals surface area (Å²) in [7, 11) is 0. The normalized spacial score (nSPS) is 36.9. The van der Waals surface area contributed by atoms with Gasteiger partial charge in [0.05, 0.1) is 29.4 Å². The fourth-order valence-electron chi connectivity index (χ4n) is 7.92.